The summed E-state index contributed by atoms with van der Waals surface area (Å²) >= 11 is 0. The number of amides is 1. The third-order valence-corrected chi connectivity index (χ3v) is 2.39. The first kappa shape index (κ1) is 14.8. The van der Waals surface area contributed by atoms with Crippen molar-refractivity contribution in [2.24, 2.45) is 0 Å². The molecule has 1 aromatic carbocycles. The van der Waals surface area contributed by atoms with Crippen LogP contribution in [-0.4, -0.2) is 47.0 Å². The molecule has 0 bridgehead atoms. The minimum Gasteiger partial charge on any atom is -0.504 e. The zero-order chi connectivity index (χ0) is 14.4. The highest BCUT2D eigenvalue weighted by atomic mass is 16.5. The number of phenolic OH excluding ortho intramolecular Hbond substituents is 2. The Labute approximate surface area is 109 Å². The van der Waals surface area contributed by atoms with Gasteiger partial charge in [-0.15, -0.1) is 0 Å². The first-order valence-corrected chi connectivity index (χ1v) is 5.46. The van der Waals surface area contributed by atoms with Gasteiger partial charge in [0.1, 0.15) is 12.6 Å². The summed E-state index contributed by atoms with van der Waals surface area (Å²) in [5.41, 5.74) is 0.473. The topological polar surface area (TPSA) is 116 Å². The van der Waals surface area contributed by atoms with Crippen molar-refractivity contribution in [1.82, 2.24) is 5.32 Å². The van der Waals surface area contributed by atoms with Crippen LogP contribution in [0.5, 0.6) is 11.5 Å². The van der Waals surface area contributed by atoms with Gasteiger partial charge in [0.15, 0.2) is 11.5 Å². The second-order valence-corrected chi connectivity index (χ2v) is 3.92. The first-order valence-electron chi connectivity index (χ1n) is 5.46. The second kappa shape index (κ2) is 6.60. The molecule has 7 heteroatoms. The largest absolute Gasteiger partial charge is 0.504 e. The van der Waals surface area contributed by atoms with Crippen molar-refractivity contribution in [3.8, 4) is 11.5 Å². The van der Waals surface area contributed by atoms with Gasteiger partial charge in [0.25, 0.3) is 0 Å². The molecule has 1 atom stereocenters. The molecule has 1 rings (SSSR count). The monoisotopic (exact) mass is 269 g/mol. The van der Waals surface area contributed by atoms with E-state index < -0.39 is 17.9 Å². The normalized spacial score (nSPS) is 11.8. The number of nitrogens with one attached hydrogen (secondary N) is 1. The lowest BCUT2D eigenvalue weighted by atomic mass is 10.1. The van der Waals surface area contributed by atoms with Crippen LogP contribution >= 0.6 is 0 Å². The number of phenols is 2. The molecular formula is C12H15NO6. The maximum absolute atomic E-state index is 11.3. The number of carboxylic acid groups (broad SMARTS) is 1. The SMILES string of the molecule is COCC(=O)N[C@@H](Cc1ccc(O)c(O)c1)C(=O)O. The van der Waals surface area contributed by atoms with Gasteiger partial charge in [-0.1, -0.05) is 6.07 Å². The molecule has 0 unspecified atom stereocenters. The van der Waals surface area contributed by atoms with E-state index in [1.54, 1.807) is 0 Å². The van der Waals surface area contributed by atoms with Gasteiger partial charge >= 0.3 is 5.97 Å². The van der Waals surface area contributed by atoms with Gasteiger partial charge in [-0.2, -0.15) is 0 Å². The molecule has 4 N–H and O–H groups in total. The van der Waals surface area contributed by atoms with Gasteiger partial charge in [-0.25, -0.2) is 4.79 Å². The molecule has 0 heterocycles. The summed E-state index contributed by atoms with van der Waals surface area (Å²) in [7, 11) is 1.33. The van der Waals surface area contributed by atoms with E-state index in [0.29, 0.717) is 5.56 Å². The Hall–Kier alpha value is -2.28. The number of ether oxygens (including phenoxy) is 1. The fraction of sp³-hybridized carbons (Fsp3) is 0.333. The molecule has 0 saturated heterocycles. The lowest BCUT2D eigenvalue weighted by Crippen LogP contribution is -2.43. The van der Waals surface area contributed by atoms with Gasteiger partial charge in [-0.05, 0) is 17.7 Å². The molecule has 7 nitrogen and oxygen atoms in total. The molecule has 0 spiro atoms. The number of hydrogen-bond donors (Lipinski definition) is 4. The van der Waals surface area contributed by atoms with Crippen LogP contribution in [0.2, 0.25) is 0 Å². The summed E-state index contributed by atoms with van der Waals surface area (Å²) in [6.07, 6.45) is -0.0153. The van der Waals surface area contributed by atoms with Crippen LogP contribution in [-0.2, 0) is 20.7 Å². The van der Waals surface area contributed by atoms with Crippen molar-refractivity contribution in [2.75, 3.05) is 13.7 Å². The molecular weight excluding hydrogens is 254 g/mol. The number of carbonyl (C=O) groups excluding carboxylic acids is 1. The summed E-state index contributed by atoms with van der Waals surface area (Å²) in [4.78, 5) is 22.3. The van der Waals surface area contributed by atoms with Crippen LogP contribution in [0.15, 0.2) is 18.2 Å². The van der Waals surface area contributed by atoms with Gasteiger partial charge in [0, 0.05) is 13.5 Å². The second-order valence-electron chi connectivity index (χ2n) is 3.92. The number of benzene rings is 1. The number of aliphatic carboxylic acids is 1. The first-order chi connectivity index (χ1) is 8.93. The summed E-state index contributed by atoms with van der Waals surface area (Å²) in [5.74, 6) is -2.38. The molecule has 0 radical (unpaired) electrons. The molecule has 0 fully saturated rings. The maximum atomic E-state index is 11.3. The third-order valence-electron chi connectivity index (χ3n) is 2.39. The summed E-state index contributed by atoms with van der Waals surface area (Å²) in [6, 6.07) is 2.83. The highest BCUT2D eigenvalue weighted by molar-refractivity contribution is 5.84. The number of methoxy groups -OCH3 is 1. The van der Waals surface area contributed by atoms with Crippen LogP contribution in [0.25, 0.3) is 0 Å². The fourth-order valence-electron chi connectivity index (χ4n) is 1.50. The van der Waals surface area contributed by atoms with E-state index in [1.165, 1.54) is 25.3 Å². The molecule has 0 saturated carbocycles. The number of carboxylic acids is 1. The van der Waals surface area contributed by atoms with Crippen molar-refractivity contribution < 1.29 is 29.6 Å². The average molecular weight is 269 g/mol. The maximum Gasteiger partial charge on any atom is 0.326 e. The highest BCUT2D eigenvalue weighted by Gasteiger charge is 2.20. The number of carbonyl (C=O) groups is 2. The van der Waals surface area contributed by atoms with Crippen LogP contribution < -0.4 is 5.32 Å². The van der Waals surface area contributed by atoms with Crippen LogP contribution in [0.3, 0.4) is 0 Å². The Balaban J connectivity index is 2.75. The summed E-state index contributed by atoms with van der Waals surface area (Å²) < 4.78 is 4.59. The molecule has 104 valence electrons. The molecule has 0 aliphatic carbocycles. The van der Waals surface area contributed by atoms with Crippen molar-refractivity contribution in [3.63, 3.8) is 0 Å². The third kappa shape index (κ3) is 4.47. The quantitative estimate of drug-likeness (QED) is 0.534. The standard InChI is InChI=1S/C12H15NO6/c1-19-6-11(16)13-8(12(17)18)4-7-2-3-9(14)10(15)5-7/h2-3,5,8,14-15H,4,6H2,1H3,(H,13,16)(H,17,18)/t8-/m0/s1. The summed E-state index contributed by atoms with van der Waals surface area (Å²) in [6.45, 7) is -0.232. The van der Waals surface area contributed by atoms with E-state index in [-0.39, 0.29) is 24.5 Å². The molecule has 0 aliphatic heterocycles. The van der Waals surface area contributed by atoms with E-state index in [4.69, 9.17) is 10.2 Å². The lowest BCUT2D eigenvalue weighted by molar-refractivity contribution is -0.142. The van der Waals surface area contributed by atoms with E-state index in [1.807, 2.05) is 0 Å². The van der Waals surface area contributed by atoms with E-state index in [2.05, 4.69) is 10.1 Å². The minimum absolute atomic E-state index is 0.0153. The van der Waals surface area contributed by atoms with Crippen LogP contribution in [0, 0.1) is 0 Å². The Morgan fingerprint density at radius 1 is 1.32 bits per heavy atom. The zero-order valence-corrected chi connectivity index (χ0v) is 10.3. The number of rotatable bonds is 6. The van der Waals surface area contributed by atoms with Crippen LogP contribution in [0.1, 0.15) is 5.56 Å². The molecule has 0 aliphatic rings. The Kier molecular flexibility index (Phi) is 5.13. The van der Waals surface area contributed by atoms with E-state index in [9.17, 15) is 14.7 Å². The number of hydrogen-bond acceptors (Lipinski definition) is 5. The molecule has 1 aromatic rings. The predicted octanol–water partition coefficient (Wildman–Crippen LogP) is -0.144. The minimum atomic E-state index is -1.20. The van der Waals surface area contributed by atoms with Gasteiger partial charge in [0.05, 0.1) is 0 Å². The van der Waals surface area contributed by atoms with E-state index in [0.717, 1.165) is 0 Å². The van der Waals surface area contributed by atoms with Crippen molar-refractivity contribution in [1.29, 1.82) is 0 Å². The van der Waals surface area contributed by atoms with E-state index >= 15 is 0 Å². The molecule has 19 heavy (non-hydrogen) atoms. The molecule has 0 aromatic heterocycles. The van der Waals surface area contributed by atoms with Gasteiger partial charge < -0.3 is 25.4 Å². The molecule has 1 amide bonds. The Bertz CT molecular complexity index is 473. The highest BCUT2D eigenvalue weighted by Crippen LogP contribution is 2.25. The zero-order valence-electron chi connectivity index (χ0n) is 10.3. The lowest BCUT2D eigenvalue weighted by Gasteiger charge is -2.14. The fourth-order valence-corrected chi connectivity index (χ4v) is 1.50. The van der Waals surface area contributed by atoms with Crippen LogP contribution in [0.4, 0.5) is 0 Å². The van der Waals surface area contributed by atoms with Gasteiger partial charge in [-0.3, -0.25) is 4.79 Å². The Morgan fingerprint density at radius 3 is 2.53 bits per heavy atom. The number of aromatic hydroxyl groups is 2. The predicted molar refractivity (Wildman–Crippen MR) is 64.9 cm³/mol. The van der Waals surface area contributed by atoms with Crippen molar-refractivity contribution >= 4 is 11.9 Å². The Morgan fingerprint density at radius 2 is 2.00 bits per heavy atom. The average Bonchev–Trinajstić information content (AvgIpc) is 2.33. The smallest absolute Gasteiger partial charge is 0.326 e. The van der Waals surface area contributed by atoms with Crippen molar-refractivity contribution in [3.05, 3.63) is 23.8 Å². The summed E-state index contributed by atoms with van der Waals surface area (Å²) in [5, 5.41) is 29.8. The van der Waals surface area contributed by atoms with Gasteiger partial charge in [0.2, 0.25) is 5.91 Å². The van der Waals surface area contributed by atoms with Crippen molar-refractivity contribution in [2.45, 2.75) is 12.5 Å².